The number of esters is 1. The van der Waals surface area contributed by atoms with Gasteiger partial charge in [0.2, 0.25) is 0 Å². The molecule has 0 amide bonds. The summed E-state index contributed by atoms with van der Waals surface area (Å²) in [5.74, 6) is 2.00. The third kappa shape index (κ3) is 4.63. The Morgan fingerprint density at radius 1 is 1.00 bits per heavy atom. The summed E-state index contributed by atoms with van der Waals surface area (Å²) in [5.41, 5.74) is 0.823. The number of methoxy groups -OCH3 is 1. The van der Waals surface area contributed by atoms with E-state index in [-0.39, 0.29) is 23.3 Å². The number of carbonyl (C=O) groups is 1. The van der Waals surface area contributed by atoms with Crippen molar-refractivity contribution in [3.8, 4) is 17.2 Å². The maximum absolute atomic E-state index is 11.2. The molecule has 0 radical (unpaired) electrons. The molecular formula is C23H22O7. The molecule has 0 saturated heterocycles. The van der Waals surface area contributed by atoms with E-state index in [2.05, 4.69) is 0 Å². The second-order valence-corrected chi connectivity index (χ2v) is 6.88. The molecule has 2 aromatic carbocycles. The topological polar surface area (TPSA) is 99.1 Å². The van der Waals surface area contributed by atoms with E-state index in [9.17, 15) is 9.59 Å². The monoisotopic (exact) mass is 410 g/mol. The average Bonchev–Trinajstić information content (AvgIpc) is 3.06. The fourth-order valence-electron chi connectivity index (χ4n) is 2.93. The van der Waals surface area contributed by atoms with Gasteiger partial charge in [0.05, 0.1) is 12.5 Å². The number of phenols is 1. The van der Waals surface area contributed by atoms with Crippen molar-refractivity contribution in [1.29, 1.82) is 0 Å². The van der Waals surface area contributed by atoms with Crippen LogP contribution in [0.4, 0.5) is 0 Å². The second kappa shape index (κ2) is 8.73. The van der Waals surface area contributed by atoms with Gasteiger partial charge in [-0.25, -0.2) is 4.79 Å². The first-order valence-electron chi connectivity index (χ1n) is 9.30. The number of carbonyl (C=O) groups excluding carboxylic acids is 1. The smallest absolute Gasteiger partial charge is 0.336 e. The normalized spacial score (nSPS) is 10.7. The van der Waals surface area contributed by atoms with Crippen LogP contribution in [0.2, 0.25) is 0 Å². The lowest BCUT2D eigenvalue weighted by atomic mass is 10.1. The SMILES string of the molecule is CC(=O)Oc1ccc(O)cc1.COc1c(C(C)C)oc2cc3oc(=O)ccc3cc12. The molecule has 0 fully saturated rings. The maximum atomic E-state index is 11.2. The highest BCUT2D eigenvalue weighted by Crippen LogP contribution is 2.38. The third-order valence-corrected chi connectivity index (χ3v) is 4.24. The fraction of sp³-hybridized carbons (Fsp3) is 0.217. The Morgan fingerprint density at radius 2 is 1.70 bits per heavy atom. The number of aromatic hydroxyl groups is 1. The minimum absolute atomic E-state index is 0.154. The summed E-state index contributed by atoms with van der Waals surface area (Å²) in [4.78, 5) is 21.6. The second-order valence-electron chi connectivity index (χ2n) is 6.88. The number of ether oxygens (including phenoxy) is 2. The lowest BCUT2D eigenvalue weighted by Gasteiger charge is -2.03. The predicted octanol–water partition coefficient (Wildman–Crippen LogP) is 4.99. The molecule has 0 aliphatic carbocycles. The Balaban J connectivity index is 0.000000199. The van der Waals surface area contributed by atoms with Crippen LogP contribution in [0.5, 0.6) is 17.2 Å². The highest BCUT2D eigenvalue weighted by Gasteiger charge is 2.18. The van der Waals surface area contributed by atoms with Gasteiger partial charge in [-0.3, -0.25) is 4.79 Å². The van der Waals surface area contributed by atoms with E-state index < -0.39 is 0 Å². The van der Waals surface area contributed by atoms with E-state index in [1.807, 2.05) is 19.9 Å². The minimum atomic E-state index is -0.366. The summed E-state index contributed by atoms with van der Waals surface area (Å²) in [5, 5.41) is 10.6. The molecule has 0 aliphatic rings. The molecular weight excluding hydrogens is 388 g/mol. The number of phenolic OH excluding ortho intramolecular Hbond substituents is 1. The first kappa shape index (κ1) is 21.0. The summed E-state index contributed by atoms with van der Waals surface area (Å²) in [6.07, 6.45) is 0. The van der Waals surface area contributed by atoms with Gasteiger partial charge >= 0.3 is 11.6 Å². The molecule has 0 spiro atoms. The summed E-state index contributed by atoms with van der Waals surface area (Å²) >= 11 is 0. The zero-order chi connectivity index (χ0) is 21.8. The van der Waals surface area contributed by atoms with Crippen molar-refractivity contribution in [3.63, 3.8) is 0 Å². The number of furan rings is 1. The Bertz CT molecular complexity index is 1230. The molecule has 30 heavy (non-hydrogen) atoms. The van der Waals surface area contributed by atoms with E-state index in [4.69, 9.17) is 23.4 Å². The molecule has 0 unspecified atom stereocenters. The van der Waals surface area contributed by atoms with E-state index in [0.29, 0.717) is 16.9 Å². The molecule has 0 aliphatic heterocycles. The summed E-state index contributed by atoms with van der Waals surface area (Å²) in [6.45, 7) is 5.41. The summed E-state index contributed by atoms with van der Waals surface area (Å²) in [6, 6.07) is 12.8. The largest absolute Gasteiger partial charge is 0.508 e. The van der Waals surface area contributed by atoms with Gasteiger partial charge in [-0.15, -0.1) is 0 Å². The van der Waals surface area contributed by atoms with E-state index >= 15 is 0 Å². The predicted molar refractivity (Wildman–Crippen MR) is 112 cm³/mol. The minimum Gasteiger partial charge on any atom is -0.508 e. The maximum Gasteiger partial charge on any atom is 0.336 e. The first-order chi connectivity index (χ1) is 14.3. The van der Waals surface area contributed by atoms with Crippen LogP contribution in [0.15, 0.2) is 62.2 Å². The quantitative estimate of drug-likeness (QED) is 0.289. The standard InChI is InChI=1S/C15H14O4.C8H8O3/c1-8(2)14-15(17-3)10-6-9-4-5-13(16)18-11(9)7-12(10)19-14;1-6(9)11-8-4-2-7(10)3-5-8/h4-8H,1-3H3;2-5,10H,1H3. The van der Waals surface area contributed by atoms with Crippen LogP contribution in [0.25, 0.3) is 21.9 Å². The van der Waals surface area contributed by atoms with Gasteiger partial charge in [-0.1, -0.05) is 13.8 Å². The molecule has 4 rings (SSSR count). The van der Waals surface area contributed by atoms with Gasteiger partial charge in [0, 0.05) is 30.4 Å². The van der Waals surface area contributed by atoms with Crippen molar-refractivity contribution in [1.82, 2.24) is 0 Å². The fourth-order valence-corrected chi connectivity index (χ4v) is 2.93. The van der Waals surface area contributed by atoms with Crippen LogP contribution < -0.4 is 15.1 Å². The highest BCUT2D eigenvalue weighted by atomic mass is 16.5. The Labute approximate surface area is 172 Å². The van der Waals surface area contributed by atoms with Gasteiger partial charge in [-0.05, 0) is 36.4 Å². The third-order valence-electron chi connectivity index (χ3n) is 4.24. The molecule has 0 atom stereocenters. The van der Waals surface area contributed by atoms with E-state index in [1.165, 1.54) is 37.3 Å². The molecule has 0 bridgehead atoms. The Kier molecular flexibility index (Phi) is 6.11. The number of rotatable bonds is 3. The number of benzene rings is 2. The van der Waals surface area contributed by atoms with E-state index in [0.717, 1.165) is 22.3 Å². The van der Waals surface area contributed by atoms with Gasteiger partial charge in [-0.2, -0.15) is 0 Å². The molecule has 2 heterocycles. The number of fused-ring (bicyclic) bond motifs is 2. The molecule has 7 heteroatoms. The highest BCUT2D eigenvalue weighted by molar-refractivity contribution is 5.97. The zero-order valence-electron chi connectivity index (χ0n) is 17.1. The van der Waals surface area contributed by atoms with Crippen LogP contribution in [0.3, 0.4) is 0 Å². The van der Waals surface area contributed by atoms with Crippen LogP contribution in [-0.4, -0.2) is 18.2 Å². The van der Waals surface area contributed by atoms with Gasteiger partial charge in [0.1, 0.15) is 28.4 Å². The lowest BCUT2D eigenvalue weighted by molar-refractivity contribution is -0.131. The van der Waals surface area contributed by atoms with Gasteiger partial charge < -0.3 is 23.4 Å². The van der Waals surface area contributed by atoms with Crippen molar-refractivity contribution < 1.29 is 28.2 Å². The lowest BCUT2D eigenvalue weighted by Crippen LogP contribution is -2.00. The molecule has 4 aromatic rings. The van der Waals surface area contributed by atoms with Crippen molar-refractivity contribution in [2.45, 2.75) is 26.7 Å². The van der Waals surface area contributed by atoms with Crippen LogP contribution in [-0.2, 0) is 4.79 Å². The zero-order valence-corrected chi connectivity index (χ0v) is 17.1. The Hall–Kier alpha value is -3.74. The van der Waals surface area contributed by atoms with Gasteiger partial charge in [0.15, 0.2) is 5.75 Å². The molecule has 7 nitrogen and oxygen atoms in total. The summed E-state index contributed by atoms with van der Waals surface area (Å²) < 4.78 is 21.1. The molecule has 2 aromatic heterocycles. The van der Waals surface area contributed by atoms with E-state index in [1.54, 1.807) is 19.2 Å². The summed E-state index contributed by atoms with van der Waals surface area (Å²) in [7, 11) is 1.63. The van der Waals surface area contributed by atoms with Crippen molar-refractivity contribution in [3.05, 3.63) is 64.7 Å². The van der Waals surface area contributed by atoms with Crippen molar-refractivity contribution in [2.24, 2.45) is 0 Å². The van der Waals surface area contributed by atoms with Crippen molar-refractivity contribution in [2.75, 3.05) is 7.11 Å². The first-order valence-corrected chi connectivity index (χ1v) is 9.30. The molecule has 0 saturated carbocycles. The number of hydrogen-bond donors (Lipinski definition) is 1. The average molecular weight is 410 g/mol. The van der Waals surface area contributed by atoms with Crippen molar-refractivity contribution >= 4 is 27.9 Å². The Morgan fingerprint density at radius 3 is 2.30 bits per heavy atom. The molecule has 1 N–H and O–H groups in total. The van der Waals surface area contributed by atoms with Gasteiger partial charge in [0.25, 0.3) is 0 Å². The van der Waals surface area contributed by atoms with Crippen LogP contribution in [0.1, 0.15) is 32.4 Å². The molecule has 156 valence electrons. The van der Waals surface area contributed by atoms with Crippen LogP contribution in [0, 0.1) is 0 Å². The van der Waals surface area contributed by atoms with Crippen LogP contribution >= 0.6 is 0 Å². The number of hydrogen-bond acceptors (Lipinski definition) is 7.